The van der Waals surface area contributed by atoms with Crippen LogP contribution in [0.2, 0.25) is 0 Å². The molecule has 0 saturated carbocycles. The van der Waals surface area contributed by atoms with Crippen molar-refractivity contribution in [2.24, 2.45) is 0 Å². The number of hydrogen-bond acceptors (Lipinski definition) is 5. The quantitative estimate of drug-likeness (QED) is 0.711. The summed E-state index contributed by atoms with van der Waals surface area (Å²) in [5.74, 6) is -0.275. The van der Waals surface area contributed by atoms with Crippen molar-refractivity contribution in [2.45, 2.75) is 24.8 Å². The summed E-state index contributed by atoms with van der Waals surface area (Å²) < 4.78 is 34.2. The summed E-state index contributed by atoms with van der Waals surface area (Å²) in [6.07, 6.45) is 3.57. The smallest absolute Gasteiger partial charge is 0.221 e. The molecule has 1 aliphatic rings. The second kappa shape index (κ2) is 9.12. The number of ether oxygens (including phenoxy) is 1. The van der Waals surface area contributed by atoms with Crippen LogP contribution in [0.5, 0.6) is 0 Å². The largest absolute Gasteiger partial charge is 0.378 e. The van der Waals surface area contributed by atoms with Crippen molar-refractivity contribution < 1.29 is 17.9 Å². The summed E-state index contributed by atoms with van der Waals surface area (Å²) in [6, 6.07) is 10.4. The molecule has 0 bridgehead atoms. The molecule has 1 aromatic carbocycles. The Hall–Kier alpha value is -2.23. The van der Waals surface area contributed by atoms with Crippen molar-refractivity contribution in [2.75, 3.05) is 26.3 Å². The number of nitrogens with one attached hydrogen (secondary N) is 1. The first kappa shape index (κ1) is 19.5. The molecule has 3 rings (SSSR count). The summed E-state index contributed by atoms with van der Waals surface area (Å²) in [6.45, 7) is 1.83. The van der Waals surface area contributed by atoms with Crippen LogP contribution < -0.4 is 5.32 Å². The van der Waals surface area contributed by atoms with Crippen molar-refractivity contribution in [3.63, 3.8) is 0 Å². The molecule has 27 heavy (non-hydrogen) atoms. The molecule has 0 aliphatic carbocycles. The third-order valence-corrected chi connectivity index (χ3v) is 6.26. The van der Waals surface area contributed by atoms with Crippen molar-refractivity contribution in [3.05, 3.63) is 54.4 Å². The highest BCUT2D eigenvalue weighted by Gasteiger charge is 2.34. The maximum atomic E-state index is 12.8. The Morgan fingerprint density at radius 3 is 2.81 bits per heavy atom. The van der Waals surface area contributed by atoms with E-state index in [1.54, 1.807) is 23.0 Å². The number of carbonyl (C=O) groups is 1. The number of rotatable bonds is 8. The van der Waals surface area contributed by atoms with Crippen LogP contribution in [0.15, 0.2) is 48.8 Å². The molecule has 0 spiro atoms. The second-order valence-corrected chi connectivity index (χ2v) is 8.33. The summed E-state index contributed by atoms with van der Waals surface area (Å²) >= 11 is 0. The van der Waals surface area contributed by atoms with Crippen molar-refractivity contribution in [3.8, 4) is 0 Å². The summed E-state index contributed by atoms with van der Waals surface area (Å²) in [5.41, 5.74) is 0.728. The average molecular weight is 392 g/mol. The topological polar surface area (TPSA) is 93.5 Å². The van der Waals surface area contributed by atoms with Gasteiger partial charge in [-0.1, -0.05) is 30.3 Å². The molecule has 0 unspecified atom stereocenters. The third-order valence-electron chi connectivity index (χ3n) is 4.37. The molecular formula is C18H24N4O4S. The standard InChI is InChI=1S/C18H24N4O4S/c23-18(19-8-10-21-9-4-7-20-21)13-17-14-26-12-11-22(17)27(24,25)15-16-5-2-1-3-6-16/h1-7,9,17H,8,10-15H2,(H,19,23)/t17-/m1/s1. The second-order valence-electron chi connectivity index (χ2n) is 6.40. The minimum absolute atomic E-state index is 0.0765. The van der Waals surface area contributed by atoms with Gasteiger partial charge < -0.3 is 10.1 Å². The van der Waals surface area contributed by atoms with E-state index in [0.717, 1.165) is 5.56 Å². The normalized spacial score (nSPS) is 18.3. The zero-order valence-electron chi connectivity index (χ0n) is 15.0. The Bertz CT molecular complexity index is 824. The third kappa shape index (κ3) is 5.62. The molecule has 1 aromatic heterocycles. The van der Waals surface area contributed by atoms with E-state index in [1.165, 1.54) is 4.31 Å². The predicted octanol–water partition coefficient (Wildman–Crippen LogP) is 0.620. The number of nitrogens with zero attached hydrogens (tertiary/aromatic N) is 3. The van der Waals surface area contributed by atoms with Gasteiger partial charge in [0.15, 0.2) is 0 Å². The highest BCUT2D eigenvalue weighted by molar-refractivity contribution is 7.88. The first-order valence-electron chi connectivity index (χ1n) is 8.90. The maximum Gasteiger partial charge on any atom is 0.221 e. The van der Waals surface area contributed by atoms with Crippen molar-refractivity contribution in [1.29, 1.82) is 0 Å². The summed E-state index contributed by atoms with van der Waals surface area (Å²) in [5, 5.41) is 6.88. The first-order chi connectivity index (χ1) is 13.0. The molecule has 146 valence electrons. The van der Waals surface area contributed by atoms with Crippen LogP contribution in [0, 0.1) is 0 Å². The Morgan fingerprint density at radius 1 is 1.26 bits per heavy atom. The van der Waals surface area contributed by atoms with Crippen molar-refractivity contribution >= 4 is 15.9 Å². The zero-order chi connectivity index (χ0) is 19.1. The lowest BCUT2D eigenvalue weighted by Crippen LogP contribution is -2.50. The minimum atomic E-state index is -3.53. The molecular weight excluding hydrogens is 368 g/mol. The van der Waals surface area contributed by atoms with E-state index in [4.69, 9.17) is 4.74 Å². The average Bonchev–Trinajstić information content (AvgIpc) is 3.16. The first-order valence-corrected chi connectivity index (χ1v) is 10.5. The number of carbonyl (C=O) groups excluding carboxylic acids is 1. The van der Waals surface area contributed by atoms with Crippen LogP contribution in [-0.4, -0.2) is 60.8 Å². The molecule has 1 saturated heterocycles. The van der Waals surface area contributed by atoms with E-state index in [0.29, 0.717) is 19.7 Å². The van der Waals surface area contributed by atoms with Gasteiger partial charge in [-0.25, -0.2) is 8.42 Å². The highest BCUT2D eigenvalue weighted by Crippen LogP contribution is 2.19. The highest BCUT2D eigenvalue weighted by atomic mass is 32.2. The van der Waals surface area contributed by atoms with Gasteiger partial charge in [-0.15, -0.1) is 0 Å². The molecule has 9 heteroatoms. The van der Waals surface area contributed by atoms with Gasteiger partial charge in [0, 0.05) is 31.9 Å². The molecule has 1 fully saturated rings. The van der Waals surface area contributed by atoms with Crippen LogP contribution >= 0.6 is 0 Å². The maximum absolute atomic E-state index is 12.8. The van der Waals surface area contributed by atoms with E-state index in [2.05, 4.69) is 10.4 Å². The lowest BCUT2D eigenvalue weighted by molar-refractivity contribution is -0.123. The van der Waals surface area contributed by atoms with Crippen LogP contribution in [0.3, 0.4) is 0 Å². The predicted molar refractivity (Wildman–Crippen MR) is 100 cm³/mol. The van der Waals surface area contributed by atoms with Crippen LogP contribution in [0.25, 0.3) is 0 Å². The fourth-order valence-electron chi connectivity index (χ4n) is 3.06. The van der Waals surface area contributed by atoms with Gasteiger partial charge in [0.1, 0.15) is 0 Å². The number of morpholine rings is 1. The minimum Gasteiger partial charge on any atom is -0.378 e. The van der Waals surface area contributed by atoms with E-state index in [9.17, 15) is 13.2 Å². The molecule has 2 aromatic rings. The Morgan fingerprint density at radius 2 is 2.07 bits per heavy atom. The van der Waals surface area contributed by atoms with E-state index < -0.39 is 16.1 Å². The van der Waals surface area contributed by atoms with E-state index in [1.807, 2.05) is 30.5 Å². The van der Waals surface area contributed by atoms with Gasteiger partial charge in [0.2, 0.25) is 15.9 Å². The van der Waals surface area contributed by atoms with Gasteiger partial charge in [0.25, 0.3) is 0 Å². The molecule has 1 N–H and O–H groups in total. The van der Waals surface area contributed by atoms with E-state index >= 15 is 0 Å². The molecule has 8 nitrogen and oxygen atoms in total. The van der Waals surface area contributed by atoms with Crippen LogP contribution in [-0.2, 0) is 31.9 Å². The number of sulfonamides is 1. The Kier molecular flexibility index (Phi) is 6.59. The fraction of sp³-hybridized carbons (Fsp3) is 0.444. The number of benzene rings is 1. The molecule has 2 heterocycles. The summed E-state index contributed by atoms with van der Waals surface area (Å²) in [4.78, 5) is 12.3. The van der Waals surface area contributed by atoms with Gasteiger partial charge in [-0.2, -0.15) is 9.40 Å². The fourth-order valence-corrected chi connectivity index (χ4v) is 4.78. The monoisotopic (exact) mass is 392 g/mol. The molecule has 1 aliphatic heterocycles. The number of amides is 1. The Balaban J connectivity index is 1.56. The molecule has 1 atom stereocenters. The lowest BCUT2D eigenvalue weighted by atomic mass is 10.2. The SMILES string of the molecule is O=C(C[C@@H]1COCCN1S(=O)(=O)Cc1ccccc1)NCCn1cccn1. The Labute approximate surface area is 159 Å². The molecule has 0 radical (unpaired) electrons. The lowest BCUT2D eigenvalue weighted by Gasteiger charge is -2.34. The van der Waals surface area contributed by atoms with E-state index in [-0.39, 0.29) is 31.2 Å². The van der Waals surface area contributed by atoms with Crippen molar-refractivity contribution in [1.82, 2.24) is 19.4 Å². The summed E-state index contributed by atoms with van der Waals surface area (Å²) in [7, 11) is -3.53. The van der Waals surface area contributed by atoms with Gasteiger partial charge in [-0.05, 0) is 11.6 Å². The number of aromatic nitrogens is 2. The van der Waals surface area contributed by atoms with Gasteiger partial charge in [0.05, 0.1) is 31.6 Å². The number of hydrogen-bond donors (Lipinski definition) is 1. The van der Waals surface area contributed by atoms with Crippen LogP contribution in [0.4, 0.5) is 0 Å². The zero-order valence-corrected chi connectivity index (χ0v) is 15.8. The van der Waals surface area contributed by atoms with Crippen LogP contribution in [0.1, 0.15) is 12.0 Å². The molecule has 1 amide bonds. The van der Waals surface area contributed by atoms with Gasteiger partial charge >= 0.3 is 0 Å². The van der Waals surface area contributed by atoms with Gasteiger partial charge in [-0.3, -0.25) is 9.48 Å².